The molecule has 0 unspecified atom stereocenters. The second-order valence-corrected chi connectivity index (χ2v) is 7.55. The second kappa shape index (κ2) is 8.63. The Labute approximate surface area is 164 Å². The first-order valence-corrected chi connectivity index (χ1v) is 9.77. The highest BCUT2D eigenvalue weighted by molar-refractivity contribution is 8.22. The van der Waals surface area contributed by atoms with Gasteiger partial charge in [0.15, 0.2) is 5.17 Å². The number of thioether (sulfide) groups is 1. The molecule has 0 fully saturated rings. The van der Waals surface area contributed by atoms with Gasteiger partial charge in [-0.25, -0.2) is 9.79 Å². The van der Waals surface area contributed by atoms with E-state index < -0.39 is 0 Å². The van der Waals surface area contributed by atoms with Crippen LogP contribution in [0.25, 0.3) is 4.91 Å². The number of carbonyl (C=O) groups is 1. The highest BCUT2D eigenvalue weighted by atomic mass is 32.2. The monoisotopic (exact) mass is 387 g/mol. The quantitative estimate of drug-likeness (QED) is 0.670. The van der Waals surface area contributed by atoms with E-state index in [-0.39, 0.29) is 5.97 Å². The number of amidine groups is 1. The normalized spacial score (nSPS) is 16.3. The van der Waals surface area contributed by atoms with Gasteiger partial charge in [-0.1, -0.05) is 25.1 Å². The Hall–Kier alpha value is -2.25. The molecule has 27 heavy (non-hydrogen) atoms. The molecule has 0 saturated carbocycles. The van der Waals surface area contributed by atoms with Gasteiger partial charge in [-0.15, -0.1) is 0 Å². The Morgan fingerprint density at radius 3 is 2.81 bits per heavy atom. The molecule has 3 rings (SSSR count). The van der Waals surface area contributed by atoms with Crippen LogP contribution >= 0.6 is 11.8 Å². The van der Waals surface area contributed by atoms with E-state index in [1.54, 1.807) is 18.9 Å². The predicted octanol–water partition coefficient (Wildman–Crippen LogP) is 3.18. The van der Waals surface area contributed by atoms with Crippen molar-refractivity contribution in [3.8, 4) is 5.75 Å². The molecule has 0 spiro atoms. The molecule has 1 aromatic rings. The highest BCUT2D eigenvalue weighted by Crippen LogP contribution is 2.42. The summed E-state index contributed by atoms with van der Waals surface area (Å²) in [5, 5.41) is 0.887. The van der Waals surface area contributed by atoms with Crippen molar-refractivity contribution in [1.29, 1.82) is 0 Å². The van der Waals surface area contributed by atoms with E-state index in [1.165, 1.54) is 0 Å². The zero-order valence-electron chi connectivity index (χ0n) is 16.2. The van der Waals surface area contributed by atoms with Crippen LogP contribution in [0.1, 0.15) is 18.9 Å². The Kier molecular flexibility index (Phi) is 6.23. The topological polar surface area (TPSA) is 54.4 Å². The molecule has 0 aromatic heterocycles. The number of allylic oxidation sites excluding steroid dienone is 1. The van der Waals surface area contributed by atoms with Gasteiger partial charge in [-0.05, 0) is 38.3 Å². The second-order valence-electron chi connectivity index (χ2n) is 6.54. The van der Waals surface area contributed by atoms with Crippen LogP contribution in [0, 0.1) is 0 Å². The number of hydrogen-bond donors (Lipinski definition) is 0. The molecule has 2 aliphatic heterocycles. The van der Waals surface area contributed by atoms with E-state index in [2.05, 4.69) is 0 Å². The molecule has 7 heteroatoms. The number of benzene rings is 1. The highest BCUT2D eigenvalue weighted by Gasteiger charge is 2.31. The number of carbonyl (C=O) groups excluding carboxylic acids is 1. The summed E-state index contributed by atoms with van der Waals surface area (Å²) in [5.41, 5.74) is 2.46. The predicted molar refractivity (Wildman–Crippen MR) is 110 cm³/mol. The van der Waals surface area contributed by atoms with Crippen LogP contribution in [0.4, 0.5) is 0 Å². The number of para-hydroxylation sites is 1. The van der Waals surface area contributed by atoms with Gasteiger partial charge in [-0.2, -0.15) is 0 Å². The van der Waals surface area contributed by atoms with Gasteiger partial charge in [0.1, 0.15) is 12.4 Å². The molecule has 0 bridgehead atoms. The number of rotatable bonds is 7. The van der Waals surface area contributed by atoms with Crippen LogP contribution in [0.5, 0.6) is 5.75 Å². The maximum atomic E-state index is 12.5. The van der Waals surface area contributed by atoms with Crippen molar-refractivity contribution < 1.29 is 14.3 Å². The fraction of sp³-hybridized carbons (Fsp3) is 0.400. The first kappa shape index (κ1) is 19.5. The molecule has 0 atom stereocenters. The Morgan fingerprint density at radius 1 is 1.33 bits per heavy atom. The van der Waals surface area contributed by atoms with E-state index in [0.717, 1.165) is 27.1 Å². The van der Waals surface area contributed by atoms with Crippen LogP contribution in [0.15, 0.2) is 46.7 Å². The molecule has 0 amide bonds. The molecule has 144 valence electrons. The van der Waals surface area contributed by atoms with Gasteiger partial charge in [0.05, 0.1) is 24.9 Å². The lowest BCUT2D eigenvalue weighted by Gasteiger charge is -2.24. The number of aliphatic imine (C=N–C) groups is 1. The summed E-state index contributed by atoms with van der Waals surface area (Å²) in [6.07, 6.45) is 2.72. The molecule has 6 nitrogen and oxygen atoms in total. The zero-order chi connectivity index (χ0) is 19.4. The van der Waals surface area contributed by atoms with Gasteiger partial charge < -0.3 is 19.3 Å². The van der Waals surface area contributed by atoms with E-state index in [1.807, 2.05) is 61.3 Å². The number of methoxy groups -OCH3 is 1. The molecule has 2 aliphatic rings. The summed E-state index contributed by atoms with van der Waals surface area (Å²) in [6, 6.07) is 7.91. The summed E-state index contributed by atoms with van der Waals surface area (Å²) < 4.78 is 10.9. The smallest absolute Gasteiger partial charge is 0.337 e. The maximum absolute atomic E-state index is 12.5. The van der Waals surface area contributed by atoms with Gasteiger partial charge in [0, 0.05) is 23.2 Å². The molecule has 0 saturated heterocycles. The van der Waals surface area contributed by atoms with Crippen molar-refractivity contribution in [1.82, 2.24) is 9.80 Å². The SMILES string of the molecule is CCC1=C(C(=O)OCCN(C)C)CN2C=C(c3ccccc3OC)SC2=N1. The zero-order valence-corrected chi connectivity index (χ0v) is 17.0. The lowest BCUT2D eigenvalue weighted by Crippen LogP contribution is -2.31. The van der Waals surface area contributed by atoms with Gasteiger partial charge in [0.2, 0.25) is 0 Å². The molecule has 0 aliphatic carbocycles. The molecule has 0 radical (unpaired) electrons. The summed E-state index contributed by atoms with van der Waals surface area (Å²) in [5.74, 6) is 0.546. The average Bonchev–Trinajstić information content (AvgIpc) is 3.09. The number of likely N-dealkylation sites (N-methyl/N-ethyl adjacent to an activating group) is 1. The molecular formula is C20H25N3O3S. The van der Waals surface area contributed by atoms with Crippen molar-refractivity contribution in [3.63, 3.8) is 0 Å². The lowest BCUT2D eigenvalue weighted by atomic mass is 10.1. The van der Waals surface area contributed by atoms with Gasteiger partial charge >= 0.3 is 5.97 Å². The summed E-state index contributed by atoms with van der Waals surface area (Å²) >= 11 is 1.60. The van der Waals surface area contributed by atoms with Crippen molar-refractivity contribution in [2.45, 2.75) is 13.3 Å². The number of fused-ring (bicyclic) bond motifs is 1. The Balaban J connectivity index is 1.78. The number of hydrogen-bond acceptors (Lipinski definition) is 7. The summed E-state index contributed by atoms with van der Waals surface area (Å²) in [6.45, 7) is 3.57. The number of esters is 1. The van der Waals surface area contributed by atoms with Crippen LogP contribution < -0.4 is 4.74 Å². The van der Waals surface area contributed by atoms with Crippen LogP contribution in [-0.2, 0) is 9.53 Å². The molecule has 2 heterocycles. The van der Waals surface area contributed by atoms with E-state index in [4.69, 9.17) is 14.5 Å². The third-order valence-electron chi connectivity index (χ3n) is 4.35. The average molecular weight is 388 g/mol. The minimum Gasteiger partial charge on any atom is -0.496 e. The standard InChI is InChI=1S/C20H25N3O3S/c1-5-16-15(19(24)26-11-10-22(2)3)12-23-13-18(27-20(23)21-16)14-8-6-7-9-17(14)25-4/h6-9,13H,5,10-12H2,1-4H3. The van der Waals surface area contributed by atoms with Crippen molar-refractivity contribution in [3.05, 3.63) is 47.3 Å². The largest absolute Gasteiger partial charge is 0.496 e. The van der Waals surface area contributed by atoms with Crippen molar-refractivity contribution in [2.24, 2.45) is 4.99 Å². The summed E-state index contributed by atoms with van der Waals surface area (Å²) in [4.78, 5) is 22.3. The van der Waals surface area contributed by atoms with Gasteiger partial charge in [-0.3, -0.25) is 0 Å². The third kappa shape index (κ3) is 4.36. The molecule has 0 N–H and O–H groups in total. The first-order valence-electron chi connectivity index (χ1n) is 8.95. The summed E-state index contributed by atoms with van der Waals surface area (Å²) in [7, 11) is 5.57. The van der Waals surface area contributed by atoms with Crippen molar-refractivity contribution in [2.75, 3.05) is 40.9 Å². The van der Waals surface area contributed by atoms with Crippen LogP contribution in [-0.4, -0.2) is 61.8 Å². The lowest BCUT2D eigenvalue weighted by molar-refractivity contribution is -0.139. The van der Waals surface area contributed by atoms with E-state index in [9.17, 15) is 4.79 Å². The fourth-order valence-corrected chi connectivity index (χ4v) is 3.93. The number of nitrogens with zero attached hydrogens (tertiary/aromatic N) is 3. The van der Waals surface area contributed by atoms with E-state index >= 15 is 0 Å². The third-order valence-corrected chi connectivity index (χ3v) is 5.41. The number of ether oxygens (including phenoxy) is 2. The van der Waals surface area contributed by atoms with Crippen LogP contribution in [0.2, 0.25) is 0 Å². The first-order chi connectivity index (χ1) is 13.0. The van der Waals surface area contributed by atoms with E-state index in [0.29, 0.717) is 31.7 Å². The fourth-order valence-electron chi connectivity index (χ4n) is 2.88. The van der Waals surface area contributed by atoms with Gasteiger partial charge in [0.25, 0.3) is 0 Å². The molecular weight excluding hydrogens is 362 g/mol. The van der Waals surface area contributed by atoms with Crippen molar-refractivity contribution >= 4 is 27.8 Å². The Bertz CT molecular complexity index is 814. The minimum atomic E-state index is -0.277. The molecule has 1 aromatic carbocycles. The Morgan fingerprint density at radius 2 is 2.11 bits per heavy atom. The maximum Gasteiger partial charge on any atom is 0.337 e. The van der Waals surface area contributed by atoms with Crippen LogP contribution in [0.3, 0.4) is 0 Å². The minimum absolute atomic E-state index is 0.277.